The van der Waals surface area contributed by atoms with Crippen molar-refractivity contribution < 1.29 is 9.00 Å². The molecule has 1 saturated carbocycles. The molecule has 4 nitrogen and oxygen atoms in total. The van der Waals surface area contributed by atoms with E-state index < -0.39 is 10.8 Å². The SMILES string of the molecule is CCNC1CCC(S(=O)CC(=O)N(C)C)C1C. The summed E-state index contributed by atoms with van der Waals surface area (Å²) in [7, 11) is 2.38. The summed E-state index contributed by atoms with van der Waals surface area (Å²) >= 11 is 0. The maximum absolute atomic E-state index is 12.2. The van der Waals surface area contributed by atoms with Gasteiger partial charge in [0.15, 0.2) is 0 Å². The summed E-state index contributed by atoms with van der Waals surface area (Å²) in [6.45, 7) is 5.18. The van der Waals surface area contributed by atoms with E-state index in [9.17, 15) is 9.00 Å². The minimum atomic E-state index is -1.03. The predicted octanol–water partition coefficient (Wildman–Crippen LogP) is 0.600. The van der Waals surface area contributed by atoms with Crippen molar-refractivity contribution in [2.45, 2.75) is 38.0 Å². The van der Waals surface area contributed by atoms with Gasteiger partial charge in [-0.2, -0.15) is 0 Å². The van der Waals surface area contributed by atoms with Gasteiger partial charge in [0.1, 0.15) is 5.75 Å². The molecule has 0 aliphatic heterocycles. The Morgan fingerprint density at radius 3 is 2.59 bits per heavy atom. The minimum Gasteiger partial charge on any atom is -0.348 e. The van der Waals surface area contributed by atoms with E-state index in [-0.39, 0.29) is 16.9 Å². The lowest BCUT2D eigenvalue weighted by Gasteiger charge is -2.21. The first kappa shape index (κ1) is 14.6. The fourth-order valence-corrected chi connectivity index (χ4v) is 4.19. The molecule has 0 aromatic heterocycles. The molecule has 1 aliphatic rings. The van der Waals surface area contributed by atoms with Crippen LogP contribution in [0.5, 0.6) is 0 Å². The van der Waals surface area contributed by atoms with Crippen LogP contribution in [0.15, 0.2) is 0 Å². The van der Waals surface area contributed by atoms with Crippen molar-refractivity contribution in [2.75, 3.05) is 26.4 Å². The van der Waals surface area contributed by atoms with Crippen molar-refractivity contribution in [1.29, 1.82) is 0 Å². The van der Waals surface area contributed by atoms with Crippen LogP contribution in [0.4, 0.5) is 0 Å². The quantitative estimate of drug-likeness (QED) is 0.787. The van der Waals surface area contributed by atoms with E-state index in [1.807, 2.05) is 0 Å². The summed E-state index contributed by atoms with van der Waals surface area (Å²) in [5.41, 5.74) is 0. The summed E-state index contributed by atoms with van der Waals surface area (Å²) in [6, 6.07) is 0.461. The molecule has 4 unspecified atom stereocenters. The maximum Gasteiger partial charge on any atom is 0.234 e. The molecular weight excluding hydrogens is 236 g/mol. The van der Waals surface area contributed by atoms with Crippen LogP contribution in [0, 0.1) is 5.92 Å². The molecule has 1 fully saturated rings. The topological polar surface area (TPSA) is 49.4 Å². The van der Waals surface area contributed by atoms with Crippen LogP contribution in [0.25, 0.3) is 0 Å². The van der Waals surface area contributed by atoms with E-state index >= 15 is 0 Å². The van der Waals surface area contributed by atoms with E-state index in [0.29, 0.717) is 12.0 Å². The number of amides is 1. The Kier molecular flexibility index (Phi) is 5.59. The molecule has 0 bridgehead atoms. The summed E-state index contributed by atoms with van der Waals surface area (Å²) in [6.07, 6.45) is 2.04. The summed E-state index contributed by atoms with van der Waals surface area (Å²) < 4.78 is 12.2. The van der Waals surface area contributed by atoms with Gasteiger partial charge in [-0.1, -0.05) is 13.8 Å². The van der Waals surface area contributed by atoms with Crippen LogP contribution in [0.2, 0.25) is 0 Å². The smallest absolute Gasteiger partial charge is 0.234 e. The third kappa shape index (κ3) is 3.78. The second-order valence-corrected chi connectivity index (χ2v) is 6.61. The minimum absolute atomic E-state index is 0.0394. The Bertz CT molecular complexity index is 294. The molecule has 100 valence electrons. The molecule has 1 N–H and O–H groups in total. The van der Waals surface area contributed by atoms with Crippen molar-refractivity contribution in [3.05, 3.63) is 0 Å². The zero-order chi connectivity index (χ0) is 13.0. The fraction of sp³-hybridized carbons (Fsp3) is 0.917. The van der Waals surface area contributed by atoms with Gasteiger partial charge in [0, 0.05) is 36.2 Å². The monoisotopic (exact) mass is 260 g/mol. The van der Waals surface area contributed by atoms with Crippen molar-refractivity contribution >= 4 is 16.7 Å². The molecule has 5 heteroatoms. The van der Waals surface area contributed by atoms with Gasteiger partial charge in [0.25, 0.3) is 0 Å². The van der Waals surface area contributed by atoms with Crippen LogP contribution in [0.1, 0.15) is 26.7 Å². The second-order valence-electron chi connectivity index (χ2n) is 4.95. The largest absolute Gasteiger partial charge is 0.348 e. The number of carbonyl (C=O) groups is 1. The van der Waals surface area contributed by atoms with E-state index in [1.165, 1.54) is 4.90 Å². The van der Waals surface area contributed by atoms with Crippen LogP contribution in [0.3, 0.4) is 0 Å². The lowest BCUT2D eigenvalue weighted by Crippen LogP contribution is -2.37. The van der Waals surface area contributed by atoms with Gasteiger partial charge in [-0.3, -0.25) is 9.00 Å². The van der Waals surface area contributed by atoms with Crippen LogP contribution < -0.4 is 5.32 Å². The highest BCUT2D eigenvalue weighted by atomic mass is 32.2. The lowest BCUT2D eigenvalue weighted by molar-refractivity contribution is -0.125. The predicted molar refractivity (Wildman–Crippen MR) is 71.4 cm³/mol. The molecule has 0 saturated heterocycles. The average molecular weight is 260 g/mol. The number of nitrogens with one attached hydrogen (secondary N) is 1. The molecule has 4 atom stereocenters. The first-order valence-corrected chi connectivity index (χ1v) is 7.66. The van der Waals surface area contributed by atoms with E-state index in [0.717, 1.165) is 19.4 Å². The van der Waals surface area contributed by atoms with Gasteiger partial charge in [-0.15, -0.1) is 0 Å². The highest BCUT2D eigenvalue weighted by Crippen LogP contribution is 2.30. The third-order valence-electron chi connectivity index (χ3n) is 3.55. The van der Waals surface area contributed by atoms with Crippen LogP contribution in [-0.4, -0.2) is 52.7 Å². The molecule has 0 spiro atoms. The van der Waals surface area contributed by atoms with Crippen molar-refractivity contribution in [3.63, 3.8) is 0 Å². The fourth-order valence-electron chi connectivity index (χ4n) is 2.41. The van der Waals surface area contributed by atoms with Crippen LogP contribution in [-0.2, 0) is 15.6 Å². The Hall–Kier alpha value is -0.420. The maximum atomic E-state index is 12.2. The summed E-state index contributed by atoms with van der Waals surface area (Å²) in [5.74, 6) is 0.522. The molecular formula is C12H24N2O2S. The van der Waals surface area contributed by atoms with Gasteiger partial charge >= 0.3 is 0 Å². The van der Waals surface area contributed by atoms with Crippen molar-refractivity contribution in [2.24, 2.45) is 5.92 Å². The van der Waals surface area contributed by atoms with Crippen LogP contribution >= 0.6 is 0 Å². The van der Waals surface area contributed by atoms with E-state index in [1.54, 1.807) is 14.1 Å². The van der Waals surface area contributed by atoms with Gasteiger partial charge < -0.3 is 10.2 Å². The van der Waals surface area contributed by atoms with Gasteiger partial charge in [0.05, 0.1) is 0 Å². The van der Waals surface area contributed by atoms with Crippen molar-refractivity contribution in [3.8, 4) is 0 Å². The third-order valence-corrected chi connectivity index (χ3v) is 5.42. The Morgan fingerprint density at radius 1 is 1.41 bits per heavy atom. The molecule has 0 aromatic carbocycles. The first-order valence-electron chi connectivity index (χ1n) is 6.28. The molecule has 0 radical (unpaired) electrons. The normalized spacial score (nSPS) is 30.2. The molecule has 17 heavy (non-hydrogen) atoms. The summed E-state index contributed by atoms with van der Waals surface area (Å²) in [5, 5.41) is 3.59. The zero-order valence-corrected chi connectivity index (χ0v) is 12.0. The Morgan fingerprint density at radius 2 is 2.06 bits per heavy atom. The zero-order valence-electron chi connectivity index (χ0n) is 11.2. The number of hydrogen-bond acceptors (Lipinski definition) is 3. The highest BCUT2D eigenvalue weighted by molar-refractivity contribution is 7.86. The van der Waals surface area contributed by atoms with E-state index in [4.69, 9.17) is 0 Å². The number of nitrogens with zero attached hydrogens (tertiary/aromatic N) is 1. The van der Waals surface area contributed by atoms with Crippen molar-refractivity contribution in [1.82, 2.24) is 10.2 Å². The molecule has 1 amide bonds. The lowest BCUT2D eigenvalue weighted by atomic mass is 10.1. The standard InChI is InChI=1S/C12H24N2O2S/c1-5-13-10-6-7-11(9(10)2)17(16)8-12(15)14(3)4/h9-11,13H,5-8H2,1-4H3. The van der Waals surface area contributed by atoms with E-state index in [2.05, 4.69) is 19.2 Å². The van der Waals surface area contributed by atoms with Gasteiger partial charge in [0.2, 0.25) is 5.91 Å². The molecule has 0 heterocycles. The second kappa shape index (κ2) is 6.50. The Labute approximate surface area is 107 Å². The molecule has 1 rings (SSSR count). The molecule has 1 aliphatic carbocycles. The number of rotatable bonds is 5. The highest BCUT2D eigenvalue weighted by Gasteiger charge is 2.36. The number of carbonyl (C=O) groups excluding carboxylic acids is 1. The number of hydrogen-bond donors (Lipinski definition) is 1. The molecule has 0 aromatic rings. The van der Waals surface area contributed by atoms with Gasteiger partial charge in [-0.25, -0.2) is 0 Å². The summed E-state index contributed by atoms with van der Waals surface area (Å²) in [4.78, 5) is 13.1. The average Bonchev–Trinajstić information content (AvgIpc) is 2.61. The first-order chi connectivity index (χ1) is 7.97. The Balaban J connectivity index is 2.51. The van der Waals surface area contributed by atoms with Gasteiger partial charge in [-0.05, 0) is 25.3 Å².